The van der Waals surface area contributed by atoms with Crippen LogP contribution in [0.15, 0.2) is 27.8 Å². The molecule has 27 heavy (non-hydrogen) atoms. The normalized spacial score (nSPS) is 21.7. The number of rotatable bonds is 9. The van der Waals surface area contributed by atoms with Gasteiger partial charge in [-0.3, -0.25) is 4.99 Å². The van der Waals surface area contributed by atoms with Gasteiger partial charge in [0.05, 0.1) is 38.2 Å². The van der Waals surface area contributed by atoms with Crippen molar-refractivity contribution in [3.63, 3.8) is 0 Å². The fourth-order valence-corrected chi connectivity index (χ4v) is 3.52. The standard InChI is InChI=1S/C20H33N3O4/c1-24-15-10-22-20(21-9-6-17-4-2-13-25-17)23-11-7-18(8-12-23)27-16-19-5-3-14-26-19/h2,4,13,18-19H,3,5-12,14-16H2,1H3,(H,21,22). The third kappa shape index (κ3) is 6.83. The lowest BCUT2D eigenvalue weighted by atomic mass is 10.1. The number of piperidine rings is 1. The predicted molar refractivity (Wildman–Crippen MR) is 104 cm³/mol. The highest BCUT2D eigenvalue weighted by molar-refractivity contribution is 5.80. The minimum Gasteiger partial charge on any atom is -0.469 e. The van der Waals surface area contributed by atoms with E-state index in [1.807, 2.05) is 12.1 Å². The maximum absolute atomic E-state index is 6.08. The first-order valence-corrected chi connectivity index (χ1v) is 10.1. The summed E-state index contributed by atoms with van der Waals surface area (Å²) in [4.78, 5) is 7.03. The monoisotopic (exact) mass is 379 g/mol. The minimum absolute atomic E-state index is 0.303. The SMILES string of the molecule is COCCN=C(NCCc1ccco1)N1CCC(OCC2CCCO2)CC1. The second-order valence-corrected chi connectivity index (χ2v) is 7.11. The van der Waals surface area contributed by atoms with Gasteiger partial charge in [-0.25, -0.2) is 0 Å². The molecule has 2 fully saturated rings. The van der Waals surface area contributed by atoms with E-state index in [2.05, 4.69) is 10.2 Å². The first-order valence-electron chi connectivity index (χ1n) is 10.1. The van der Waals surface area contributed by atoms with Crippen molar-refractivity contribution in [3.05, 3.63) is 24.2 Å². The molecule has 0 spiro atoms. The number of ether oxygens (including phenoxy) is 3. The molecule has 1 unspecified atom stereocenters. The number of furan rings is 1. The summed E-state index contributed by atoms with van der Waals surface area (Å²) in [5.41, 5.74) is 0. The average Bonchev–Trinajstić information content (AvgIpc) is 3.40. The van der Waals surface area contributed by atoms with Crippen LogP contribution in [-0.4, -0.2) is 76.2 Å². The van der Waals surface area contributed by atoms with Crippen LogP contribution in [0.1, 0.15) is 31.4 Å². The molecule has 1 atom stereocenters. The molecule has 0 saturated carbocycles. The topological polar surface area (TPSA) is 68.5 Å². The third-order valence-electron chi connectivity index (χ3n) is 5.07. The Kier molecular flexibility index (Phi) is 8.45. The lowest BCUT2D eigenvalue weighted by Gasteiger charge is -2.34. The number of hydrogen-bond donors (Lipinski definition) is 1. The molecule has 1 aromatic rings. The molecule has 2 aliphatic rings. The molecule has 152 valence electrons. The van der Waals surface area contributed by atoms with Gasteiger partial charge in [0.1, 0.15) is 5.76 Å². The van der Waals surface area contributed by atoms with Crippen molar-refractivity contribution in [1.82, 2.24) is 10.2 Å². The van der Waals surface area contributed by atoms with Gasteiger partial charge < -0.3 is 28.8 Å². The molecular weight excluding hydrogens is 346 g/mol. The van der Waals surface area contributed by atoms with Crippen molar-refractivity contribution in [2.75, 3.05) is 53.1 Å². The Balaban J connectivity index is 1.42. The van der Waals surface area contributed by atoms with E-state index >= 15 is 0 Å². The van der Waals surface area contributed by atoms with Crippen molar-refractivity contribution in [3.8, 4) is 0 Å². The van der Waals surface area contributed by atoms with E-state index in [0.29, 0.717) is 25.4 Å². The molecule has 2 aliphatic heterocycles. The van der Waals surface area contributed by atoms with Gasteiger partial charge in [0, 0.05) is 39.8 Å². The molecule has 0 amide bonds. The quantitative estimate of drug-likeness (QED) is 0.402. The number of methoxy groups -OCH3 is 1. The van der Waals surface area contributed by atoms with E-state index in [1.54, 1.807) is 13.4 Å². The highest BCUT2D eigenvalue weighted by atomic mass is 16.5. The van der Waals surface area contributed by atoms with Crippen molar-refractivity contribution in [2.24, 2.45) is 4.99 Å². The zero-order valence-corrected chi connectivity index (χ0v) is 16.4. The minimum atomic E-state index is 0.303. The zero-order valence-electron chi connectivity index (χ0n) is 16.4. The molecule has 7 heteroatoms. The van der Waals surface area contributed by atoms with Crippen LogP contribution in [0.2, 0.25) is 0 Å². The number of aliphatic imine (C=N–C) groups is 1. The predicted octanol–water partition coefficient (Wildman–Crippen LogP) is 2.07. The molecule has 0 bridgehead atoms. The van der Waals surface area contributed by atoms with Crippen LogP contribution in [0.25, 0.3) is 0 Å². The summed E-state index contributed by atoms with van der Waals surface area (Å²) in [5, 5.41) is 3.48. The number of guanidine groups is 1. The van der Waals surface area contributed by atoms with Crippen LogP contribution in [0, 0.1) is 0 Å². The molecule has 1 N–H and O–H groups in total. The van der Waals surface area contributed by atoms with Gasteiger partial charge in [-0.05, 0) is 37.8 Å². The first-order chi connectivity index (χ1) is 13.3. The Labute approximate surface area is 162 Å². The van der Waals surface area contributed by atoms with Crippen molar-refractivity contribution < 1.29 is 18.6 Å². The van der Waals surface area contributed by atoms with Crippen LogP contribution in [0.4, 0.5) is 0 Å². The molecule has 0 aliphatic carbocycles. The molecule has 0 aromatic carbocycles. The van der Waals surface area contributed by atoms with Gasteiger partial charge in [-0.15, -0.1) is 0 Å². The van der Waals surface area contributed by atoms with E-state index in [4.69, 9.17) is 23.6 Å². The number of likely N-dealkylation sites (tertiary alicyclic amines) is 1. The van der Waals surface area contributed by atoms with E-state index in [-0.39, 0.29) is 0 Å². The summed E-state index contributed by atoms with van der Waals surface area (Å²) >= 11 is 0. The average molecular weight is 380 g/mol. The molecule has 3 heterocycles. The Morgan fingerprint density at radius 1 is 1.33 bits per heavy atom. The highest BCUT2D eigenvalue weighted by Gasteiger charge is 2.24. The molecular formula is C20H33N3O4. The van der Waals surface area contributed by atoms with Crippen molar-refractivity contribution >= 4 is 5.96 Å². The maximum atomic E-state index is 6.08. The van der Waals surface area contributed by atoms with E-state index in [1.165, 1.54) is 0 Å². The summed E-state index contributed by atoms with van der Waals surface area (Å²) in [6, 6.07) is 3.92. The molecule has 0 radical (unpaired) electrons. The lowest BCUT2D eigenvalue weighted by Crippen LogP contribution is -2.47. The van der Waals surface area contributed by atoms with Gasteiger partial charge in [-0.2, -0.15) is 0 Å². The van der Waals surface area contributed by atoms with Crippen LogP contribution in [0.3, 0.4) is 0 Å². The van der Waals surface area contributed by atoms with Gasteiger partial charge in [0.15, 0.2) is 5.96 Å². The van der Waals surface area contributed by atoms with Crippen molar-refractivity contribution in [2.45, 2.75) is 44.3 Å². The Morgan fingerprint density at radius 2 is 2.22 bits per heavy atom. The van der Waals surface area contributed by atoms with Crippen LogP contribution >= 0.6 is 0 Å². The fourth-order valence-electron chi connectivity index (χ4n) is 3.52. The largest absolute Gasteiger partial charge is 0.469 e. The molecule has 7 nitrogen and oxygen atoms in total. The molecule has 2 saturated heterocycles. The van der Waals surface area contributed by atoms with E-state index in [9.17, 15) is 0 Å². The Morgan fingerprint density at radius 3 is 2.93 bits per heavy atom. The van der Waals surface area contributed by atoms with Crippen LogP contribution in [0.5, 0.6) is 0 Å². The Hall–Kier alpha value is -1.57. The van der Waals surface area contributed by atoms with Crippen LogP contribution < -0.4 is 5.32 Å². The van der Waals surface area contributed by atoms with Gasteiger partial charge in [0.2, 0.25) is 0 Å². The van der Waals surface area contributed by atoms with Gasteiger partial charge >= 0.3 is 0 Å². The third-order valence-corrected chi connectivity index (χ3v) is 5.07. The van der Waals surface area contributed by atoms with Crippen LogP contribution in [-0.2, 0) is 20.6 Å². The summed E-state index contributed by atoms with van der Waals surface area (Å²) in [7, 11) is 1.70. The van der Waals surface area contributed by atoms with E-state index in [0.717, 1.165) is 76.7 Å². The number of nitrogens with zero attached hydrogens (tertiary/aromatic N) is 2. The summed E-state index contributed by atoms with van der Waals surface area (Å²) in [6.45, 7) is 5.62. The lowest BCUT2D eigenvalue weighted by molar-refractivity contribution is -0.0367. The van der Waals surface area contributed by atoms with Gasteiger partial charge in [0.25, 0.3) is 0 Å². The van der Waals surface area contributed by atoms with Crippen molar-refractivity contribution in [1.29, 1.82) is 0 Å². The molecule has 1 aromatic heterocycles. The van der Waals surface area contributed by atoms with E-state index < -0.39 is 0 Å². The summed E-state index contributed by atoms with van der Waals surface area (Å²) < 4.78 is 22.3. The van der Waals surface area contributed by atoms with Gasteiger partial charge in [-0.1, -0.05) is 0 Å². The maximum Gasteiger partial charge on any atom is 0.194 e. The second kappa shape index (κ2) is 11.3. The molecule has 3 rings (SSSR count). The summed E-state index contributed by atoms with van der Waals surface area (Å²) in [5.74, 6) is 1.94. The Bertz CT molecular complexity index is 535. The first kappa shape index (κ1) is 20.2. The smallest absolute Gasteiger partial charge is 0.194 e. The summed E-state index contributed by atoms with van der Waals surface area (Å²) in [6.07, 6.45) is 7.53. The number of nitrogens with one attached hydrogen (secondary N) is 1. The fraction of sp³-hybridized carbons (Fsp3) is 0.750. The second-order valence-electron chi connectivity index (χ2n) is 7.11. The number of hydrogen-bond acceptors (Lipinski definition) is 5. The zero-order chi connectivity index (χ0) is 18.7. The highest BCUT2D eigenvalue weighted by Crippen LogP contribution is 2.17.